The highest BCUT2D eigenvalue weighted by atomic mass is 16.6. The number of hydrogen-bond acceptors (Lipinski definition) is 6. The van der Waals surface area contributed by atoms with Crippen LogP contribution < -0.4 is 15.8 Å². The van der Waals surface area contributed by atoms with E-state index in [0.717, 1.165) is 53.2 Å². The molecule has 7 heteroatoms. The molecule has 2 aliphatic rings. The van der Waals surface area contributed by atoms with Crippen LogP contribution in [0.5, 0.6) is 5.75 Å². The molecular weight excluding hydrogens is 428 g/mol. The molecule has 0 bridgehead atoms. The monoisotopic (exact) mass is 468 g/mol. The van der Waals surface area contributed by atoms with Crippen LogP contribution >= 0.6 is 0 Å². The number of nitrogens with one attached hydrogen (secondary N) is 1. The van der Waals surface area contributed by atoms with Crippen LogP contribution in [0, 0.1) is 6.92 Å². The zero-order valence-corrected chi connectivity index (χ0v) is 21.7. The number of carbonyl (C=O) groups excluding carboxylic acids is 1. The summed E-state index contributed by atoms with van der Waals surface area (Å²) in [4.78, 5) is 20.2. The van der Waals surface area contributed by atoms with E-state index in [1.54, 1.807) is 13.4 Å². The third-order valence-corrected chi connectivity index (χ3v) is 6.45. The molecule has 4 rings (SSSR count). The smallest absolute Gasteiger partial charge is 0.407 e. The van der Waals surface area contributed by atoms with Gasteiger partial charge >= 0.3 is 6.09 Å². The predicted octanol–water partition coefficient (Wildman–Crippen LogP) is 5.72. The number of methoxy groups -OCH3 is 1. The summed E-state index contributed by atoms with van der Waals surface area (Å²) in [7, 11) is 1.65. The molecule has 7 nitrogen and oxygen atoms in total. The van der Waals surface area contributed by atoms with E-state index >= 15 is 0 Å². The Balaban J connectivity index is 0.000000204. The van der Waals surface area contributed by atoms with Crippen molar-refractivity contribution in [2.24, 2.45) is 0 Å². The Morgan fingerprint density at radius 1 is 1.15 bits per heavy atom. The first-order chi connectivity index (χ1) is 15.9. The number of amides is 1. The van der Waals surface area contributed by atoms with Crippen molar-refractivity contribution in [3.05, 3.63) is 35.3 Å². The molecule has 0 unspecified atom stereocenters. The number of fused-ring (bicyclic) bond motifs is 3. The Morgan fingerprint density at radius 2 is 1.82 bits per heavy atom. The number of anilines is 1. The van der Waals surface area contributed by atoms with Crippen molar-refractivity contribution in [3.63, 3.8) is 0 Å². The van der Waals surface area contributed by atoms with Gasteiger partial charge in [-0.05, 0) is 70.1 Å². The maximum Gasteiger partial charge on any atom is 0.407 e. The zero-order valence-electron chi connectivity index (χ0n) is 21.7. The second-order valence-corrected chi connectivity index (χ2v) is 10.9. The zero-order chi connectivity index (χ0) is 25.1. The predicted molar refractivity (Wildman–Crippen MR) is 136 cm³/mol. The van der Waals surface area contributed by atoms with Crippen LogP contribution in [-0.4, -0.2) is 34.8 Å². The lowest BCUT2D eigenvalue weighted by Gasteiger charge is -2.35. The lowest BCUT2D eigenvalue weighted by atomic mass is 9.71. The van der Waals surface area contributed by atoms with Gasteiger partial charge in [-0.25, -0.2) is 14.8 Å². The standard InChI is InChI=1S/C16H19N3O.C11H21NO2/c1-9-13-15(19-8-18-9)10-5-6-12(20-4)14(17)11(10)7-16(13,2)3;1-11(2,3)14-10(13)12-9-7-5-4-6-8-9/h5-6,8H,7,17H2,1-4H3;9H,4-8H2,1-3H3,(H,12,13). The lowest BCUT2D eigenvalue weighted by molar-refractivity contribution is 0.0493. The van der Waals surface area contributed by atoms with Gasteiger partial charge in [-0.3, -0.25) is 0 Å². The third kappa shape index (κ3) is 5.99. The fourth-order valence-corrected chi connectivity index (χ4v) is 4.97. The van der Waals surface area contributed by atoms with Crippen molar-refractivity contribution < 1.29 is 14.3 Å². The number of rotatable bonds is 2. The van der Waals surface area contributed by atoms with Crippen molar-refractivity contribution >= 4 is 11.8 Å². The fourth-order valence-electron chi connectivity index (χ4n) is 4.97. The van der Waals surface area contributed by atoms with E-state index in [9.17, 15) is 4.79 Å². The number of benzene rings is 1. The van der Waals surface area contributed by atoms with Crippen LogP contribution in [0.1, 0.15) is 83.5 Å². The Bertz CT molecular complexity index is 1020. The maximum absolute atomic E-state index is 11.4. The maximum atomic E-state index is 11.4. The number of nitrogens with two attached hydrogens (primary N) is 1. The van der Waals surface area contributed by atoms with E-state index < -0.39 is 5.60 Å². The van der Waals surface area contributed by atoms with Gasteiger partial charge in [0.1, 0.15) is 17.7 Å². The first-order valence-corrected chi connectivity index (χ1v) is 12.2. The summed E-state index contributed by atoms with van der Waals surface area (Å²) in [5.41, 5.74) is 12.0. The van der Waals surface area contributed by atoms with E-state index in [2.05, 4.69) is 29.1 Å². The minimum Gasteiger partial charge on any atom is -0.495 e. The molecule has 186 valence electrons. The topological polar surface area (TPSA) is 99.4 Å². The van der Waals surface area contributed by atoms with Crippen molar-refractivity contribution in [2.75, 3.05) is 12.8 Å². The van der Waals surface area contributed by atoms with Gasteiger partial charge in [0.25, 0.3) is 0 Å². The highest BCUT2D eigenvalue weighted by molar-refractivity contribution is 5.80. The molecule has 1 saturated carbocycles. The molecule has 0 radical (unpaired) electrons. The average molecular weight is 469 g/mol. The second kappa shape index (κ2) is 10.2. The van der Waals surface area contributed by atoms with Gasteiger partial charge < -0.3 is 20.5 Å². The number of aryl methyl sites for hydroxylation is 1. The third-order valence-electron chi connectivity index (χ3n) is 6.45. The molecule has 0 saturated heterocycles. The molecule has 1 aromatic heterocycles. The molecular formula is C27H40N4O3. The van der Waals surface area contributed by atoms with Gasteiger partial charge in [-0.1, -0.05) is 33.1 Å². The fraction of sp³-hybridized carbons (Fsp3) is 0.593. The first kappa shape index (κ1) is 25.8. The van der Waals surface area contributed by atoms with Crippen LogP contribution in [0.2, 0.25) is 0 Å². The Kier molecular flexibility index (Phi) is 7.74. The molecule has 0 spiro atoms. The number of alkyl carbamates (subject to hydrolysis) is 1. The second-order valence-electron chi connectivity index (χ2n) is 10.9. The molecule has 2 aromatic rings. The van der Waals surface area contributed by atoms with Crippen molar-refractivity contribution in [1.82, 2.24) is 15.3 Å². The number of nitrogen functional groups attached to an aromatic ring is 1. The van der Waals surface area contributed by atoms with Crippen LogP contribution in [0.4, 0.5) is 10.5 Å². The molecule has 2 aliphatic carbocycles. The summed E-state index contributed by atoms with van der Waals surface area (Å²) < 4.78 is 10.5. The van der Waals surface area contributed by atoms with Crippen LogP contribution in [0.3, 0.4) is 0 Å². The molecule has 1 fully saturated rings. The van der Waals surface area contributed by atoms with Crippen molar-refractivity contribution in [3.8, 4) is 17.0 Å². The number of hydrogen-bond donors (Lipinski definition) is 2. The van der Waals surface area contributed by atoms with Crippen molar-refractivity contribution in [1.29, 1.82) is 0 Å². The summed E-state index contributed by atoms with van der Waals surface area (Å²) in [5, 5.41) is 2.91. The Hall–Kier alpha value is -2.83. The number of nitrogens with zero attached hydrogens (tertiary/aromatic N) is 2. The van der Waals surface area contributed by atoms with E-state index in [-0.39, 0.29) is 11.5 Å². The highest BCUT2D eigenvalue weighted by Gasteiger charge is 2.35. The minimum atomic E-state index is -0.390. The van der Waals surface area contributed by atoms with Gasteiger partial charge in [-0.2, -0.15) is 0 Å². The van der Waals surface area contributed by atoms with Crippen LogP contribution in [0.25, 0.3) is 11.3 Å². The molecule has 1 amide bonds. The van der Waals surface area contributed by atoms with Gasteiger partial charge in [0.2, 0.25) is 0 Å². The van der Waals surface area contributed by atoms with Gasteiger partial charge in [0.05, 0.1) is 18.5 Å². The lowest BCUT2D eigenvalue weighted by Crippen LogP contribution is -2.39. The first-order valence-electron chi connectivity index (χ1n) is 12.2. The van der Waals surface area contributed by atoms with Gasteiger partial charge in [-0.15, -0.1) is 0 Å². The Labute approximate surface area is 203 Å². The SMILES string of the molecule is CC(C)(C)OC(=O)NC1CCCCC1.COc1ccc2c(c1N)CC(C)(C)c1c(C)ncnc1-2. The summed E-state index contributed by atoms with van der Waals surface area (Å²) in [6.07, 6.45) is 8.16. The van der Waals surface area contributed by atoms with Crippen LogP contribution in [0.15, 0.2) is 18.5 Å². The Morgan fingerprint density at radius 3 is 2.44 bits per heavy atom. The largest absolute Gasteiger partial charge is 0.495 e. The number of aromatic nitrogens is 2. The molecule has 1 heterocycles. The molecule has 0 atom stereocenters. The van der Waals surface area contributed by atoms with Gasteiger partial charge in [0, 0.05) is 22.9 Å². The summed E-state index contributed by atoms with van der Waals surface area (Å²) in [6, 6.07) is 4.29. The van der Waals surface area contributed by atoms with Crippen LogP contribution in [-0.2, 0) is 16.6 Å². The molecule has 1 aromatic carbocycles. The average Bonchev–Trinajstić information content (AvgIpc) is 2.74. The normalized spacial score (nSPS) is 16.9. The van der Waals surface area contributed by atoms with Crippen molar-refractivity contribution in [2.45, 2.75) is 97.1 Å². The molecule has 3 N–H and O–H groups in total. The van der Waals surface area contributed by atoms with Gasteiger partial charge in [0.15, 0.2) is 0 Å². The molecule has 34 heavy (non-hydrogen) atoms. The number of carbonyl (C=O) groups is 1. The molecule has 0 aliphatic heterocycles. The van der Waals surface area contributed by atoms with E-state index in [4.69, 9.17) is 15.2 Å². The van der Waals surface area contributed by atoms with E-state index in [1.807, 2.05) is 39.8 Å². The summed E-state index contributed by atoms with van der Waals surface area (Å²) in [5.74, 6) is 0.730. The van der Waals surface area contributed by atoms with E-state index in [0.29, 0.717) is 6.04 Å². The number of ether oxygens (including phenoxy) is 2. The van der Waals surface area contributed by atoms with E-state index in [1.165, 1.54) is 24.8 Å². The summed E-state index contributed by atoms with van der Waals surface area (Å²) >= 11 is 0. The minimum absolute atomic E-state index is 0.0336. The summed E-state index contributed by atoms with van der Waals surface area (Å²) in [6.45, 7) is 12.1. The highest BCUT2D eigenvalue weighted by Crippen LogP contribution is 2.46. The quantitative estimate of drug-likeness (QED) is 0.547.